The second kappa shape index (κ2) is 4.58. The van der Waals surface area contributed by atoms with Gasteiger partial charge in [0.15, 0.2) is 5.82 Å². The molecule has 1 aromatic heterocycles. The average molecular weight is 277 g/mol. The fourth-order valence-electron chi connectivity index (χ4n) is 1.34. The van der Waals surface area contributed by atoms with Crippen LogP contribution in [0, 0.1) is 5.82 Å². The largest absolute Gasteiger partial charge is 0.260 e. The zero-order valence-corrected chi connectivity index (χ0v) is 10.1. The lowest BCUT2D eigenvalue weighted by atomic mass is 10.1. The Labute approximate surface area is 107 Å². The molecule has 0 amide bonds. The van der Waals surface area contributed by atoms with Crippen molar-refractivity contribution in [2.75, 3.05) is 0 Å². The Morgan fingerprint density at radius 3 is 2.31 bits per heavy atom. The molecule has 0 spiro atoms. The molecule has 0 unspecified atom stereocenters. The van der Waals surface area contributed by atoms with Crippen molar-refractivity contribution in [3.05, 3.63) is 51.5 Å². The van der Waals surface area contributed by atoms with Gasteiger partial charge in [-0.25, -0.2) is 4.39 Å². The van der Waals surface area contributed by atoms with E-state index in [1.165, 1.54) is 6.20 Å². The van der Waals surface area contributed by atoms with Crippen molar-refractivity contribution in [3.63, 3.8) is 0 Å². The maximum atomic E-state index is 13.5. The normalized spacial score (nSPS) is 10.5. The average Bonchev–Trinajstić information content (AvgIpc) is 2.23. The summed E-state index contributed by atoms with van der Waals surface area (Å²) in [7, 11) is 0. The fourth-order valence-corrected chi connectivity index (χ4v) is 1.89. The highest BCUT2D eigenvalue weighted by Gasteiger charge is 2.11. The molecular weight excluding hydrogens is 271 g/mol. The molecule has 0 aliphatic heterocycles. The minimum atomic E-state index is -0.495. The fraction of sp³-hybridized carbons (Fsp3) is 0. The SMILES string of the molecule is Fc1cncc(Cl)c1-c1ccc(Cl)c(Cl)c1. The molecule has 0 N–H and O–H groups in total. The third kappa shape index (κ3) is 2.14. The van der Waals surface area contributed by atoms with Crippen molar-refractivity contribution in [2.24, 2.45) is 0 Å². The molecule has 0 bridgehead atoms. The van der Waals surface area contributed by atoms with Crippen molar-refractivity contribution in [1.29, 1.82) is 0 Å². The zero-order chi connectivity index (χ0) is 11.7. The molecule has 0 aliphatic rings. The van der Waals surface area contributed by atoms with Gasteiger partial charge in [-0.05, 0) is 17.7 Å². The third-order valence-corrected chi connectivity index (χ3v) is 3.09. The van der Waals surface area contributed by atoms with Crippen LogP contribution < -0.4 is 0 Å². The quantitative estimate of drug-likeness (QED) is 0.725. The van der Waals surface area contributed by atoms with Gasteiger partial charge in [0.25, 0.3) is 0 Å². The van der Waals surface area contributed by atoms with Crippen LogP contribution in [0.15, 0.2) is 30.6 Å². The van der Waals surface area contributed by atoms with E-state index in [1.807, 2.05) is 0 Å². The van der Waals surface area contributed by atoms with Crippen molar-refractivity contribution < 1.29 is 4.39 Å². The number of rotatable bonds is 1. The number of hydrogen-bond donors (Lipinski definition) is 0. The van der Waals surface area contributed by atoms with Crippen molar-refractivity contribution in [3.8, 4) is 11.1 Å². The van der Waals surface area contributed by atoms with Gasteiger partial charge in [-0.3, -0.25) is 4.98 Å². The Balaban J connectivity index is 2.63. The maximum Gasteiger partial charge on any atom is 0.150 e. The lowest BCUT2D eigenvalue weighted by molar-refractivity contribution is 0.625. The molecule has 2 rings (SSSR count). The second-order valence-electron chi connectivity index (χ2n) is 3.11. The van der Waals surface area contributed by atoms with Crippen LogP contribution in [0.25, 0.3) is 11.1 Å². The molecule has 16 heavy (non-hydrogen) atoms. The zero-order valence-electron chi connectivity index (χ0n) is 7.85. The Morgan fingerprint density at radius 2 is 1.69 bits per heavy atom. The molecule has 1 aromatic carbocycles. The van der Waals surface area contributed by atoms with Crippen molar-refractivity contribution in [1.82, 2.24) is 4.98 Å². The van der Waals surface area contributed by atoms with Gasteiger partial charge in [0.05, 0.1) is 21.3 Å². The van der Waals surface area contributed by atoms with Crippen LogP contribution >= 0.6 is 34.8 Å². The van der Waals surface area contributed by atoms with Gasteiger partial charge in [0.1, 0.15) is 0 Å². The van der Waals surface area contributed by atoms with Crippen LogP contribution in [0.5, 0.6) is 0 Å². The molecular formula is C11H5Cl3FN. The van der Waals surface area contributed by atoms with Gasteiger partial charge in [-0.15, -0.1) is 0 Å². The number of hydrogen-bond acceptors (Lipinski definition) is 1. The number of aromatic nitrogens is 1. The lowest BCUT2D eigenvalue weighted by Gasteiger charge is -2.06. The Kier molecular flexibility index (Phi) is 3.33. The minimum Gasteiger partial charge on any atom is -0.260 e. The van der Waals surface area contributed by atoms with Crippen LogP contribution in [0.3, 0.4) is 0 Å². The summed E-state index contributed by atoms with van der Waals surface area (Å²) < 4.78 is 13.5. The summed E-state index contributed by atoms with van der Waals surface area (Å²) in [6.07, 6.45) is 2.48. The first-order valence-corrected chi connectivity index (χ1v) is 5.47. The summed E-state index contributed by atoms with van der Waals surface area (Å²) in [5, 5.41) is 1.00. The van der Waals surface area contributed by atoms with E-state index in [0.717, 1.165) is 6.20 Å². The predicted molar refractivity (Wildman–Crippen MR) is 64.7 cm³/mol. The van der Waals surface area contributed by atoms with Gasteiger partial charge < -0.3 is 0 Å². The smallest absolute Gasteiger partial charge is 0.150 e. The first kappa shape index (κ1) is 11.6. The van der Waals surface area contributed by atoms with E-state index in [-0.39, 0.29) is 10.6 Å². The minimum absolute atomic E-state index is 0.235. The highest BCUT2D eigenvalue weighted by Crippen LogP contribution is 2.33. The van der Waals surface area contributed by atoms with Gasteiger partial charge in [0, 0.05) is 11.8 Å². The highest BCUT2D eigenvalue weighted by molar-refractivity contribution is 6.42. The van der Waals surface area contributed by atoms with Crippen LogP contribution in [-0.4, -0.2) is 4.98 Å². The maximum absolute atomic E-state index is 13.5. The number of pyridine rings is 1. The number of benzene rings is 1. The molecule has 5 heteroatoms. The molecule has 0 fully saturated rings. The molecule has 0 radical (unpaired) electrons. The first-order chi connectivity index (χ1) is 7.59. The second-order valence-corrected chi connectivity index (χ2v) is 4.33. The molecule has 82 valence electrons. The third-order valence-electron chi connectivity index (χ3n) is 2.06. The lowest BCUT2D eigenvalue weighted by Crippen LogP contribution is -1.88. The van der Waals surface area contributed by atoms with E-state index in [2.05, 4.69) is 4.98 Å². The summed E-state index contributed by atoms with van der Waals surface area (Å²) in [5.74, 6) is -0.495. The molecule has 0 aliphatic carbocycles. The van der Waals surface area contributed by atoms with Gasteiger partial charge in [0.2, 0.25) is 0 Å². The Morgan fingerprint density at radius 1 is 0.938 bits per heavy atom. The molecule has 2 aromatic rings. The van der Waals surface area contributed by atoms with E-state index in [1.54, 1.807) is 18.2 Å². The number of nitrogens with zero attached hydrogens (tertiary/aromatic N) is 1. The van der Waals surface area contributed by atoms with Gasteiger partial charge >= 0.3 is 0 Å². The van der Waals surface area contributed by atoms with E-state index in [9.17, 15) is 4.39 Å². The monoisotopic (exact) mass is 275 g/mol. The summed E-state index contributed by atoms with van der Waals surface area (Å²) in [5.41, 5.74) is 0.842. The van der Waals surface area contributed by atoms with Crippen LogP contribution in [0.2, 0.25) is 15.1 Å². The van der Waals surface area contributed by atoms with Crippen LogP contribution in [0.4, 0.5) is 4.39 Å². The summed E-state index contributed by atoms with van der Waals surface area (Å²) >= 11 is 17.5. The standard InChI is InChI=1S/C11H5Cl3FN/c12-7-2-1-6(3-8(7)13)11-9(14)4-16-5-10(11)15/h1-5H. The molecule has 0 atom stereocenters. The van der Waals surface area contributed by atoms with Crippen molar-refractivity contribution in [2.45, 2.75) is 0 Å². The highest BCUT2D eigenvalue weighted by atomic mass is 35.5. The molecule has 1 heterocycles. The van der Waals surface area contributed by atoms with E-state index in [4.69, 9.17) is 34.8 Å². The van der Waals surface area contributed by atoms with E-state index < -0.39 is 5.82 Å². The van der Waals surface area contributed by atoms with E-state index in [0.29, 0.717) is 15.6 Å². The van der Waals surface area contributed by atoms with Crippen LogP contribution in [0.1, 0.15) is 0 Å². The Hall–Kier alpha value is -0.830. The molecule has 0 saturated carbocycles. The number of halogens is 4. The topological polar surface area (TPSA) is 12.9 Å². The van der Waals surface area contributed by atoms with E-state index >= 15 is 0 Å². The van der Waals surface area contributed by atoms with Crippen LogP contribution in [-0.2, 0) is 0 Å². The summed E-state index contributed by atoms with van der Waals surface area (Å²) in [4.78, 5) is 3.64. The molecule has 1 nitrogen and oxygen atoms in total. The summed E-state index contributed by atoms with van der Waals surface area (Å²) in [6, 6.07) is 4.81. The Bertz CT molecular complexity index is 522. The first-order valence-electron chi connectivity index (χ1n) is 4.34. The van der Waals surface area contributed by atoms with Crippen molar-refractivity contribution >= 4 is 34.8 Å². The van der Waals surface area contributed by atoms with Gasteiger partial charge in [-0.1, -0.05) is 40.9 Å². The summed E-state index contributed by atoms with van der Waals surface area (Å²) in [6.45, 7) is 0. The van der Waals surface area contributed by atoms with Gasteiger partial charge in [-0.2, -0.15) is 0 Å². The predicted octanol–water partition coefficient (Wildman–Crippen LogP) is 4.85. The molecule has 0 saturated heterocycles.